The SMILES string of the molecule is Cn1nc(CC2CCNC2=O)c2ccccc21. The van der Waals surface area contributed by atoms with Gasteiger partial charge in [-0.05, 0) is 12.5 Å². The Kier molecular flexibility index (Phi) is 2.35. The molecule has 1 aliphatic heterocycles. The summed E-state index contributed by atoms with van der Waals surface area (Å²) in [6.07, 6.45) is 1.66. The molecule has 2 heterocycles. The van der Waals surface area contributed by atoms with Crippen LogP contribution in [-0.4, -0.2) is 22.2 Å². The van der Waals surface area contributed by atoms with Gasteiger partial charge >= 0.3 is 0 Å². The molecule has 0 bridgehead atoms. The summed E-state index contributed by atoms with van der Waals surface area (Å²) in [5.74, 6) is 0.257. The average molecular weight is 229 g/mol. The van der Waals surface area contributed by atoms with Crippen LogP contribution in [0, 0.1) is 5.92 Å². The number of nitrogens with zero attached hydrogens (tertiary/aromatic N) is 2. The molecule has 1 atom stereocenters. The predicted molar refractivity (Wildman–Crippen MR) is 65.5 cm³/mol. The highest BCUT2D eigenvalue weighted by atomic mass is 16.2. The third-order valence-electron chi connectivity index (χ3n) is 3.44. The van der Waals surface area contributed by atoms with Gasteiger partial charge in [-0.15, -0.1) is 0 Å². The number of amides is 1. The van der Waals surface area contributed by atoms with Gasteiger partial charge in [0.25, 0.3) is 0 Å². The summed E-state index contributed by atoms with van der Waals surface area (Å²) in [6.45, 7) is 0.800. The van der Waals surface area contributed by atoms with Gasteiger partial charge < -0.3 is 5.32 Å². The van der Waals surface area contributed by atoms with Crippen molar-refractivity contribution in [2.75, 3.05) is 6.54 Å². The Hall–Kier alpha value is -1.84. The van der Waals surface area contributed by atoms with E-state index in [1.54, 1.807) is 0 Å². The zero-order chi connectivity index (χ0) is 11.8. The molecule has 0 saturated carbocycles. The van der Waals surface area contributed by atoms with Crippen LogP contribution >= 0.6 is 0 Å². The number of nitrogens with one attached hydrogen (secondary N) is 1. The summed E-state index contributed by atoms with van der Waals surface area (Å²) < 4.78 is 1.89. The van der Waals surface area contributed by atoms with Crippen molar-refractivity contribution in [1.82, 2.24) is 15.1 Å². The summed E-state index contributed by atoms with van der Waals surface area (Å²) in [5, 5.41) is 8.56. The van der Waals surface area contributed by atoms with Gasteiger partial charge in [-0.3, -0.25) is 9.48 Å². The molecule has 1 N–H and O–H groups in total. The van der Waals surface area contributed by atoms with Crippen molar-refractivity contribution in [3.05, 3.63) is 30.0 Å². The van der Waals surface area contributed by atoms with Gasteiger partial charge in [0.05, 0.1) is 11.2 Å². The largest absolute Gasteiger partial charge is 0.356 e. The van der Waals surface area contributed by atoms with Gasteiger partial charge in [0.2, 0.25) is 5.91 Å². The average Bonchev–Trinajstić information content (AvgIpc) is 2.87. The Morgan fingerprint density at radius 1 is 1.47 bits per heavy atom. The Balaban J connectivity index is 1.97. The molecular formula is C13H15N3O. The summed E-state index contributed by atoms with van der Waals surface area (Å²) in [5.41, 5.74) is 2.16. The molecule has 2 aromatic rings. The van der Waals surface area contributed by atoms with Gasteiger partial charge in [0.1, 0.15) is 0 Å². The van der Waals surface area contributed by atoms with Crippen LogP contribution in [0.4, 0.5) is 0 Å². The highest BCUT2D eigenvalue weighted by Gasteiger charge is 2.25. The van der Waals surface area contributed by atoms with Crippen LogP contribution in [-0.2, 0) is 18.3 Å². The van der Waals surface area contributed by atoms with Crippen molar-refractivity contribution < 1.29 is 4.79 Å². The van der Waals surface area contributed by atoms with E-state index in [0.717, 1.165) is 36.0 Å². The van der Waals surface area contributed by atoms with Crippen LogP contribution < -0.4 is 5.32 Å². The Morgan fingerprint density at radius 2 is 2.29 bits per heavy atom. The van der Waals surface area contributed by atoms with Gasteiger partial charge in [-0.2, -0.15) is 5.10 Å². The van der Waals surface area contributed by atoms with E-state index in [9.17, 15) is 4.79 Å². The van der Waals surface area contributed by atoms with Crippen LogP contribution in [0.2, 0.25) is 0 Å². The number of carbonyl (C=O) groups is 1. The van der Waals surface area contributed by atoms with Crippen LogP contribution in [0.25, 0.3) is 10.9 Å². The van der Waals surface area contributed by atoms with Gasteiger partial charge in [-0.25, -0.2) is 0 Å². The van der Waals surface area contributed by atoms with Crippen LogP contribution in [0.1, 0.15) is 12.1 Å². The first-order valence-electron chi connectivity index (χ1n) is 5.94. The molecule has 17 heavy (non-hydrogen) atoms. The molecule has 1 unspecified atom stereocenters. The second-order valence-electron chi connectivity index (χ2n) is 4.57. The van der Waals surface area contributed by atoms with Crippen LogP contribution in [0.3, 0.4) is 0 Å². The maximum atomic E-state index is 11.6. The fraction of sp³-hybridized carbons (Fsp3) is 0.385. The minimum atomic E-state index is 0.0910. The summed E-state index contributed by atoms with van der Waals surface area (Å²) in [6, 6.07) is 8.16. The second kappa shape index (κ2) is 3.87. The normalized spacial score (nSPS) is 19.8. The number of carbonyl (C=O) groups excluding carboxylic acids is 1. The van der Waals surface area contributed by atoms with E-state index in [2.05, 4.69) is 22.5 Å². The Morgan fingerprint density at radius 3 is 3.06 bits per heavy atom. The topological polar surface area (TPSA) is 46.9 Å². The molecule has 0 aliphatic carbocycles. The smallest absolute Gasteiger partial charge is 0.223 e. The number of aryl methyl sites for hydroxylation is 1. The molecule has 1 aliphatic rings. The number of hydrogen-bond donors (Lipinski definition) is 1. The first-order valence-corrected chi connectivity index (χ1v) is 5.94. The number of para-hydroxylation sites is 1. The molecule has 1 fully saturated rings. The minimum Gasteiger partial charge on any atom is -0.356 e. The van der Waals surface area contributed by atoms with E-state index < -0.39 is 0 Å². The zero-order valence-corrected chi connectivity index (χ0v) is 9.81. The van der Waals surface area contributed by atoms with Crippen molar-refractivity contribution >= 4 is 16.8 Å². The standard InChI is InChI=1S/C13H15N3O/c1-16-12-5-3-2-4-10(12)11(15-16)8-9-6-7-14-13(9)17/h2-5,9H,6-8H2,1H3,(H,14,17). The lowest BCUT2D eigenvalue weighted by Crippen LogP contribution is -2.20. The van der Waals surface area contributed by atoms with Crippen molar-refractivity contribution in [2.45, 2.75) is 12.8 Å². The quantitative estimate of drug-likeness (QED) is 0.842. The molecule has 88 valence electrons. The third-order valence-corrected chi connectivity index (χ3v) is 3.44. The maximum Gasteiger partial charge on any atom is 0.223 e. The fourth-order valence-corrected chi connectivity index (χ4v) is 2.51. The van der Waals surface area contributed by atoms with Crippen LogP contribution in [0.15, 0.2) is 24.3 Å². The number of fused-ring (bicyclic) bond motifs is 1. The maximum absolute atomic E-state index is 11.6. The van der Waals surface area contributed by atoms with Crippen molar-refractivity contribution in [2.24, 2.45) is 13.0 Å². The molecule has 0 spiro atoms. The number of rotatable bonds is 2. The number of aromatic nitrogens is 2. The minimum absolute atomic E-state index is 0.0910. The molecule has 1 saturated heterocycles. The van der Waals surface area contributed by atoms with Gasteiger partial charge in [-0.1, -0.05) is 18.2 Å². The lowest BCUT2D eigenvalue weighted by atomic mass is 10.00. The monoisotopic (exact) mass is 229 g/mol. The van der Waals surface area contributed by atoms with E-state index >= 15 is 0 Å². The highest BCUT2D eigenvalue weighted by Crippen LogP contribution is 2.22. The number of benzene rings is 1. The summed E-state index contributed by atoms with van der Waals surface area (Å²) in [4.78, 5) is 11.6. The molecular weight excluding hydrogens is 214 g/mol. The summed E-state index contributed by atoms with van der Waals surface area (Å²) in [7, 11) is 1.94. The first kappa shape index (κ1) is 10.3. The highest BCUT2D eigenvalue weighted by molar-refractivity contribution is 5.84. The molecule has 4 heteroatoms. The molecule has 1 amide bonds. The molecule has 4 nitrogen and oxygen atoms in total. The van der Waals surface area contributed by atoms with E-state index in [4.69, 9.17) is 0 Å². The van der Waals surface area contributed by atoms with E-state index in [-0.39, 0.29) is 11.8 Å². The molecule has 1 aromatic heterocycles. The van der Waals surface area contributed by atoms with Gasteiger partial charge in [0, 0.05) is 31.3 Å². The van der Waals surface area contributed by atoms with E-state index in [1.165, 1.54) is 0 Å². The van der Waals surface area contributed by atoms with Gasteiger partial charge in [0.15, 0.2) is 0 Å². The predicted octanol–water partition coefficient (Wildman–Crippen LogP) is 1.25. The van der Waals surface area contributed by atoms with Crippen LogP contribution in [0.5, 0.6) is 0 Å². The second-order valence-corrected chi connectivity index (χ2v) is 4.57. The summed E-state index contributed by atoms with van der Waals surface area (Å²) >= 11 is 0. The van der Waals surface area contributed by atoms with Crippen molar-refractivity contribution in [3.8, 4) is 0 Å². The lowest BCUT2D eigenvalue weighted by Gasteiger charge is -2.03. The Labute approximate surface area is 99.6 Å². The Bertz CT molecular complexity index is 573. The molecule has 0 radical (unpaired) electrons. The lowest BCUT2D eigenvalue weighted by molar-refractivity contribution is -0.122. The van der Waals surface area contributed by atoms with Crippen molar-refractivity contribution in [3.63, 3.8) is 0 Å². The van der Waals surface area contributed by atoms with E-state index in [0.29, 0.717) is 0 Å². The molecule has 3 rings (SSSR count). The molecule has 1 aromatic carbocycles. The van der Waals surface area contributed by atoms with Crippen molar-refractivity contribution in [1.29, 1.82) is 0 Å². The first-order chi connectivity index (χ1) is 8.25. The third kappa shape index (κ3) is 1.69. The van der Waals surface area contributed by atoms with E-state index in [1.807, 2.05) is 23.9 Å². The zero-order valence-electron chi connectivity index (χ0n) is 9.81. The number of hydrogen-bond acceptors (Lipinski definition) is 2. The fourth-order valence-electron chi connectivity index (χ4n) is 2.51.